The third kappa shape index (κ3) is 5.50. The maximum absolute atomic E-state index is 15.0. The predicted octanol–water partition coefficient (Wildman–Crippen LogP) is 5.09. The van der Waals surface area contributed by atoms with E-state index in [1.54, 1.807) is 11.2 Å². The lowest BCUT2D eigenvalue weighted by atomic mass is 10.1. The molecular formula is C26H16F7N7O2. The molecule has 0 unspecified atom stereocenters. The molecule has 0 spiro atoms. The number of anilines is 3. The molecule has 3 heterocycles. The van der Waals surface area contributed by atoms with Gasteiger partial charge in [-0.25, -0.2) is 19.5 Å². The Kier molecular flexibility index (Phi) is 6.92. The number of alkyl halides is 6. The van der Waals surface area contributed by atoms with Crippen molar-refractivity contribution < 1.29 is 30.7 Å². The molecule has 5 rings (SSSR count). The zero-order chi connectivity index (χ0) is 30.4. The van der Waals surface area contributed by atoms with Crippen LogP contribution in [0.1, 0.15) is 16.7 Å². The van der Waals surface area contributed by atoms with Crippen molar-refractivity contribution in [2.45, 2.75) is 18.9 Å². The summed E-state index contributed by atoms with van der Waals surface area (Å²) in [5.41, 5.74) is 0.413. The second-order valence-electron chi connectivity index (χ2n) is 8.97. The van der Waals surface area contributed by atoms with Crippen molar-refractivity contribution in [1.82, 2.24) is 24.7 Å². The highest BCUT2D eigenvalue weighted by molar-refractivity contribution is 5.86. The van der Waals surface area contributed by atoms with Gasteiger partial charge < -0.3 is 15.6 Å². The first kappa shape index (κ1) is 28.3. The van der Waals surface area contributed by atoms with E-state index in [-0.39, 0.29) is 28.6 Å². The summed E-state index contributed by atoms with van der Waals surface area (Å²) in [6, 6.07) is 9.58. The summed E-state index contributed by atoms with van der Waals surface area (Å²) in [7, 11) is 0. The quantitative estimate of drug-likeness (QED) is 0.243. The Morgan fingerprint density at radius 3 is 2.43 bits per heavy atom. The fraction of sp³-hybridized carbons (Fsp3) is 0.115. The molecule has 42 heavy (non-hydrogen) atoms. The van der Waals surface area contributed by atoms with E-state index in [1.807, 2.05) is 0 Å². The maximum Gasteiger partial charge on any atom is 0.423 e. The van der Waals surface area contributed by atoms with Gasteiger partial charge in [-0.15, -0.1) is 0 Å². The third-order valence-electron chi connectivity index (χ3n) is 6.13. The van der Waals surface area contributed by atoms with E-state index in [9.17, 15) is 35.9 Å². The van der Waals surface area contributed by atoms with Gasteiger partial charge in [0.1, 0.15) is 22.8 Å². The molecule has 0 atom stereocenters. The number of nitrogen functional groups attached to an aromatic ring is 1. The summed E-state index contributed by atoms with van der Waals surface area (Å²) in [6.45, 7) is -0.0635. The average molecular weight is 591 g/mol. The SMILES string of the molecule is Nc1nc(-c2cc3ccn(Cc4cccc(Nc5cn[nH]c(=O)c5C(F)(F)F)c4)c(=O)c3cc2F)ncc1C(F)(F)F. The summed E-state index contributed by atoms with van der Waals surface area (Å²) in [6.07, 6.45) is -7.10. The number of nitrogens with zero attached hydrogens (tertiary/aromatic N) is 4. The highest BCUT2D eigenvalue weighted by Crippen LogP contribution is 2.34. The van der Waals surface area contributed by atoms with Crippen LogP contribution in [-0.2, 0) is 18.9 Å². The van der Waals surface area contributed by atoms with Gasteiger partial charge in [-0.3, -0.25) is 9.59 Å². The zero-order valence-corrected chi connectivity index (χ0v) is 20.8. The fourth-order valence-electron chi connectivity index (χ4n) is 4.22. The molecule has 0 saturated heterocycles. The Morgan fingerprint density at radius 2 is 1.74 bits per heavy atom. The molecule has 0 fully saturated rings. The second kappa shape index (κ2) is 10.3. The Morgan fingerprint density at radius 1 is 0.976 bits per heavy atom. The molecule has 4 N–H and O–H groups in total. The number of H-pyrrole nitrogens is 1. The number of fused-ring (bicyclic) bond motifs is 1. The van der Waals surface area contributed by atoms with E-state index in [2.05, 4.69) is 20.4 Å². The van der Waals surface area contributed by atoms with Crippen molar-refractivity contribution in [3.05, 3.63) is 104 Å². The molecule has 0 bridgehead atoms. The van der Waals surface area contributed by atoms with E-state index < -0.39 is 57.7 Å². The summed E-state index contributed by atoms with van der Waals surface area (Å²) >= 11 is 0. The van der Waals surface area contributed by atoms with E-state index >= 15 is 4.39 Å². The monoisotopic (exact) mass is 591 g/mol. The van der Waals surface area contributed by atoms with Crippen molar-refractivity contribution in [3.8, 4) is 11.4 Å². The van der Waals surface area contributed by atoms with Crippen LogP contribution in [0.5, 0.6) is 0 Å². The summed E-state index contributed by atoms with van der Waals surface area (Å²) in [5.74, 6) is -2.27. The number of pyridine rings is 1. The summed E-state index contributed by atoms with van der Waals surface area (Å²) in [5, 5.41) is 7.84. The van der Waals surface area contributed by atoms with Crippen molar-refractivity contribution in [2.75, 3.05) is 11.1 Å². The largest absolute Gasteiger partial charge is 0.423 e. The molecule has 0 amide bonds. The van der Waals surface area contributed by atoms with E-state index in [0.717, 1.165) is 12.3 Å². The number of hydrogen-bond acceptors (Lipinski definition) is 7. The Hall–Kier alpha value is -5.28. The van der Waals surface area contributed by atoms with Crippen LogP contribution in [0, 0.1) is 5.82 Å². The molecule has 0 aliphatic rings. The van der Waals surface area contributed by atoms with E-state index in [1.165, 1.54) is 41.1 Å². The molecule has 2 aromatic carbocycles. The molecule has 3 aromatic heterocycles. The van der Waals surface area contributed by atoms with Crippen LogP contribution in [0.4, 0.5) is 47.9 Å². The van der Waals surface area contributed by atoms with Gasteiger partial charge in [-0.2, -0.15) is 31.4 Å². The Balaban J connectivity index is 1.45. The van der Waals surface area contributed by atoms with Crippen LogP contribution in [0.2, 0.25) is 0 Å². The van der Waals surface area contributed by atoms with Gasteiger partial charge >= 0.3 is 12.4 Å². The Bertz CT molecular complexity index is 1950. The standard InChI is InChI=1S/C26H16F7N7O2/c27-18-8-15-13(7-16(18)22-35-9-17(21(34)38-22)25(28,29)30)4-5-40(24(15)42)11-12-2-1-3-14(6-12)37-19-10-36-39-23(41)20(19)26(31,32)33/h1-10H,11H2,(H2,34,35,38)(H2,37,39,41). The number of aromatic amines is 1. The number of rotatable bonds is 5. The smallest absolute Gasteiger partial charge is 0.383 e. The molecule has 16 heteroatoms. The second-order valence-corrected chi connectivity index (χ2v) is 8.97. The third-order valence-corrected chi connectivity index (χ3v) is 6.13. The number of nitrogens with two attached hydrogens (primary N) is 1. The van der Waals surface area contributed by atoms with E-state index in [0.29, 0.717) is 11.8 Å². The lowest BCUT2D eigenvalue weighted by molar-refractivity contribution is -0.138. The molecular weight excluding hydrogens is 575 g/mol. The van der Waals surface area contributed by atoms with Crippen molar-refractivity contribution in [2.24, 2.45) is 0 Å². The van der Waals surface area contributed by atoms with Crippen LogP contribution in [0.25, 0.3) is 22.2 Å². The molecule has 0 saturated carbocycles. The fourth-order valence-corrected chi connectivity index (χ4v) is 4.22. The van der Waals surface area contributed by atoms with Crippen LogP contribution >= 0.6 is 0 Å². The first-order valence-corrected chi connectivity index (χ1v) is 11.8. The van der Waals surface area contributed by atoms with Crippen molar-refractivity contribution >= 4 is 28.0 Å². The summed E-state index contributed by atoms with van der Waals surface area (Å²) < 4.78 is 95.3. The van der Waals surface area contributed by atoms with Gasteiger partial charge in [0, 0.05) is 18.1 Å². The predicted molar refractivity (Wildman–Crippen MR) is 137 cm³/mol. The van der Waals surface area contributed by atoms with Gasteiger partial charge in [0.15, 0.2) is 5.82 Å². The highest BCUT2D eigenvalue weighted by atomic mass is 19.4. The van der Waals surface area contributed by atoms with E-state index in [4.69, 9.17) is 5.73 Å². The topological polar surface area (TPSA) is 132 Å². The van der Waals surface area contributed by atoms with Gasteiger partial charge in [-0.05, 0) is 41.3 Å². The van der Waals surface area contributed by atoms with Crippen LogP contribution in [-0.4, -0.2) is 24.7 Å². The number of aromatic nitrogens is 5. The normalized spacial score (nSPS) is 12.1. The zero-order valence-electron chi connectivity index (χ0n) is 20.8. The van der Waals surface area contributed by atoms with Gasteiger partial charge in [0.05, 0.1) is 29.4 Å². The minimum Gasteiger partial charge on any atom is -0.383 e. The number of nitrogens with one attached hydrogen (secondary N) is 2. The van der Waals surface area contributed by atoms with Gasteiger partial charge in [-0.1, -0.05) is 12.1 Å². The Labute approximate surface area is 229 Å². The van der Waals surface area contributed by atoms with Crippen LogP contribution < -0.4 is 22.2 Å². The average Bonchev–Trinajstić information content (AvgIpc) is 2.89. The molecule has 0 radical (unpaired) electrons. The molecule has 5 aromatic rings. The molecule has 0 aliphatic heterocycles. The minimum atomic E-state index is -4.95. The first-order chi connectivity index (χ1) is 19.7. The molecule has 0 aliphatic carbocycles. The lowest BCUT2D eigenvalue weighted by Gasteiger charge is -2.14. The summed E-state index contributed by atoms with van der Waals surface area (Å²) in [4.78, 5) is 32.0. The number of benzene rings is 2. The minimum absolute atomic E-state index is 0.0580. The molecule has 9 nitrogen and oxygen atoms in total. The first-order valence-electron chi connectivity index (χ1n) is 11.8. The highest BCUT2D eigenvalue weighted by Gasteiger charge is 2.37. The van der Waals surface area contributed by atoms with Gasteiger partial charge in [0.25, 0.3) is 11.1 Å². The molecule has 216 valence electrons. The van der Waals surface area contributed by atoms with Crippen molar-refractivity contribution in [1.29, 1.82) is 0 Å². The number of halogens is 7. The van der Waals surface area contributed by atoms with Crippen LogP contribution in [0.3, 0.4) is 0 Å². The van der Waals surface area contributed by atoms with Gasteiger partial charge in [0.2, 0.25) is 0 Å². The number of hydrogen-bond donors (Lipinski definition) is 3. The van der Waals surface area contributed by atoms with Crippen molar-refractivity contribution in [3.63, 3.8) is 0 Å². The lowest BCUT2D eigenvalue weighted by Crippen LogP contribution is -2.24. The maximum atomic E-state index is 15.0. The van der Waals surface area contributed by atoms with Crippen LogP contribution in [0.15, 0.2) is 70.6 Å².